The monoisotopic (exact) mass is 378 g/mol. The molecule has 0 spiro atoms. The van der Waals surface area contributed by atoms with Crippen LogP contribution in [0.15, 0.2) is 54.4 Å². The molecule has 144 valence electrons. The zero-order chi connectivity index (χ0) is 19.7. The fraction of sp³-hybridized carbons (Fsp3) is 0.318. The van der Waals surface area contributed by atoms with E-state index < -0.39 is 17.7 Å². The lowest BCUT2D eigenvalue weighted by Gasteiger charge is -2.27. The topological polar surface area (TPSA) is 79.7 Å². The average Bonchev–Trinajstić information content (AvgIpc) is 3.31. The fourth-order valence-electron chi connectivity index (χ4n) is 3.84. The third-order valence-corrected chi connectivity index (χ3v) is 5.31. The Morgan fingerprint density at radius 2 is 1.89 bits per heavy atom. The molecule has 3 heterocycles. The molecule has 4 rings (SSSR count). The Kier molecular flexibility index (Phi) is 4.96. The second-order valence-corrected chi connectivity index (χ2v) is 7.23. The third-order valence-electron chi connectivity index (χ3n) is 5.31. The number of aryl methyl sites for hydroxylation is 1. The van der Waals surface area contributed by atoms with Crippen molar-refractivity contribution >= 4 is 17.4 Å². The van der Waals surface area contributed by atoms with Gasteiger partial charge in [0.2, 0.25) is 0 Å². The number of rotatable bonds is 4. The van der Waals surface area contributed by atoms with Crippen LogP contribution in [0.1, 0.15) is 35.6 Å². The van der Waals surface area contributed by atoms with E-state index in [4.69, 9.17) is 4.74 Å². The SMILES string of the molecule is Cc1ccc(/C(O)=C2/C(=O)C(=O)N(CC3CCCO3)C2c2ccncc2)cc1. The summed E-state index contributed by atoms with van der Waals surface area (Å²) in [7, 11) is 0. The van der Waals surface area contributed by atoms with Crippen molar-refractivity contribution < 1.29 is 19.4 Å². The number of carbonyl (C=O) groups excluding carboxylic acids is 2. The maximum atomic E-state index is 12.9. The van der Waals surface area contributed by atoms with Gasteiger partial charge in [-0.15, -0.1) is 0 Å². The van der Waals surface area contributed by atoms with Gasteiger partial charge >= 0.3 is 0 Å². The van der Waals surface area contributed by atoms with E-state index >= 15 is 0 Å². The number of ether oxygens (including phenoxy) is 1. The number of aliphatic hydroxyl groups excluding tert-OH is 1. The second kappa shape index (κ2) is 7.56. The molecule has 0 radical (unpaired) electrons. The Balaban J connectivity index is 1.80. The summed E-state index contributed by atoms with van der Waals surface area (Å²) in [4.78, 5) is 31.3. The molecule has 2 atom stereocenters. The van der Waals surface area contributed by atoms with Gasteiger partial charge < -0.3 is 14.7 Å². The third kappa shape index (κ3) is 3.31. The van der Waals surface area contributed by atoms with Crippen LogP contribution in [0, 0.1) is 6.92 Å². The minimum absolute atomic E-state index is 0.0954. The van der Waals surface area contributed by atoms with Gasteiger partial charge in [0.15, 0.2) is 0 Å². The number of carbonyl (C=O) groups is 2. The van der Waals surface area contributed by atoms with Crippen LogP contribution >= 0.6 is 0 Å². The number of likely N-dealkylation sites (tertiary alicyclic amines) is 1. The van der Waals surface area contributed by atoms with E-state index in [1.807, 2.05) is 19.1 Å². The predicted octanol–water partition coefficient (Wildman–Crippen LogP) is 2.99. The van der Waals surface area contributed by atoms with Crippen LogP contribution in [0.5, 0.6) is 0 Å². The smallest absolute Gasteiger partial charge is 0.295 e. The molecule has 1 aromatic carbocycles. The van der Waals surface area contributed by atoms with Gasteiger partial charge in [0.25, 0.3) is 11.7 Å². The summed E-state index contributed by atoms with van der Waals surface area (Å²) >= 11 is 0. The summed E-state index contributed by atoms with van der Waals surface area (Å²) in [5.41, 5.74) is 2.40. The number of hydrogen-bond acceptors (Lipinski definition) is 5. The largest absolute Gasteiger partial charge is 0.507 e. The Hall–Kier alpha value is -2.99. The Labute approximate surface area is 163 Å². The molecular formula is C22H22N2O4. The molecule has 0 aliphatic carbocycles. The molecule has 1 amide bonds. The molecule has 1 N–H and O–H groups in total. The lowest BCUT2D eigenvalue weighted by atomic mass is 9.95. The van der Waals surface area contributed by atoms with Crippen molar-refractivity contribution in [3.05, 3.63) is 71.1 Å². The van der Waals surface area contributed by atoms with Gasteiger partial charge in [-0.05, 0) is 37.5 Å². The minimum Gasteiger partial charge on any atom is -0.507 e. The highest BCUT2D eigenvalue weighted by molar-refractivity contribution is 6.46. The number of nitrogens with zero attached hydrogens (tertiary/aromatic N) is 2. The molecule has 1 aromatic heterocycles. The van der Waals surface area contributed by atoms with Crippen molar-refractivity contribution in [2.45, 2.75) is 31.9 Å². The van der Waals surface area contributed by atoms with Gasteiger partial charge in [-0.2, -0.15) is 0 Å². The van der Waals surface area contributed by atoms with Crippen molar-refractivity contribution in [2.75, 3.05) is 13.2 Å². The molecule has 6 nitrogen and oxygen atoms in total. The Morgan fingerprint density at radius 1 is 1.18 bits per heavy atom. The highest BCUT2D eigenvalue weighted by atomic mass is 16.5. The van der Waals surface area contributed by atoms with E-state index in [0.717, 1.165) is 24.0 Å². The van der Waals surface area contributed by atoms with E-state index in [-0.39, 0.29) is 17.4 Å². The fourth-order valence-corrected chi connectivity index (χ4v) is 3.84. The van der Waals surface area contributed by atoms with Crippen LogP contribution < -0.4 is 0 Å². The zero-order valence-electron chi connectivity index (χ0n) is 15.7. The van der Waals surface area contributed by atoms with Crippen molar-refractivity contribution in [1.29, 1.82) is 0 Å². The quantitative estimate of drug-likeness (QED) is 0.503. The number of pyridine rings is 1. The molecule has 28 heavy (non-hydrogen) atoms. The van der Waals surface area contributed by atoms with Gasteiger partial charge in [-0.25, -0.2) is 0 Å². The maximum Gasteiger partial charge on any atom is 0.295 e. The summed E-state index contributed by atoms with van der Waals surface area (Å²) in [6.45, 7) is 2.93. The van der Waals surface area contributed by atoms with Crippen LogP contribution in [-0.4, -0.2) is 45.9 Å². The van der Waals surface area contributed by atoms with Gasteiger partial charge in [0.05, 0.1) is 17.7 Å². The molecule has 2 fully saturated rings. The number of Topliss-reactive ketones (excluding diaryl/α,β-unsaturated/α-hetero) is 1. The number of benzene rings is 1. The maximum absolute atomic E-state index is 12.9. The standard InChI is InChI=1S/C22H22N2O4/c1-14-4-6-16(7-5-14)20(25)18-19(15-8-10-23-11-9-15)24(22(27)21(18)26)13-17-3-2-12-28-17/h4-11,17,19,25H,2-3,12-13H2,1H3/b20-18-. The van der Waals surface area contributed by atoms with Crippen molar-refractivity contribution in [1.82, 2.24) is 9.88 Å². The first-order valence-electron chi connectivity index (χ1n) is 9.43. The summed E-state index contributed by atoms with van der Waals surface area (Å²) in [5, 5.41) is 10.9. The van der Waals surface area contributed by atoms with E-state index in [1.165, 1.54) is 4.90 Å². The molecule has 0 bridgehead atoms. The average molecular weight is 378 g/mol. The van der Waals surface area contributed by atoms with Crippen molar-refractivity contribution in [3.63, 3.8) is 0 Å². The summed E-state index contributed by atoms with van der Waals surface area (Å²) in [5.74, 6) is -1.43. The van der Waals surface area contributed by atoms with E-state index in [2.05, 4.69) is 4.98 Å². The highest BCUT2D eigenvalue weighted by Gasteiger charge is 2.47. The van der Waals surface area contributed by atoms with Gasteiger partial charge in [0, 0.05) is 31.1 Å². The molecule has 0 saturated carbocycles. The lowest BCUT2D eigenvalue weighted by Crippen LogP contribution is -2.36. The number of hydrogen-bond donors (Lipinski definition) is 1. The van der Waals surface area contributed by atoms with Crippen molar-refractivity contribution in [3.8, 4) is 0 Å². The van der Waals surface area contributed by atoms with Crippen LogP contribution in [-0.2, 0) is 14.3 Å². The number of aromatic nitrogens is 1. The van der Waals surface area contributed by atoms with E-state index in [1.54, 1.807) is 36.7 Å². The molecular weight excluding hydrogens is 356 g/mol. The molecule has 2 saturated heterocycles. The zero-order valence-corrected chi connectivity index (χ0v) is 15.7. The molecule has 2 unspecified atom stereocenters. The van der Waals surface area contributed by atoms with Crippen molar-refractivity contribution in [2.24, 2.45) is 0 Å². The van der Waals surface area contributed by atoms with Crippen LogP contribution in [0.4, 0.5) is 0 Å². The van der Waals surface area contributed by atoms with Gasteiger partial charge in [-0.3, -0.25) is 14.6 Å². The molecule has 2 aliphatic rings. The first-order valence-corrected chi connectivity index (χ1v) is 9.43. The van der Waals surface area contributed by atoms with E-state index in [0.29, 0.717) is 18.7 Å². The van der Waals surface area contributed by atoms with Crippen LogP contribution in [0.3, 0.4) is 0 Å². The Morgan fingerprint density at radius 3 is 2.54 bits per heavy atom. The summed E-state index contributed by atoms with van der Waals surface area (Å²) in [6.07, 6.45) is 4.94. The molecule has 2 aliphatic heterocycles. The minimum atomic E-state index is -0.669. The highest BCUT2D eigenvalue weighted by Crippen LogP contribution is 2.39. The first-order chi connectivity index (χ1) is 13.6. The Bertz CT molecular complexity index is 915. The lowest BCUT2D eigenvalue weighted by molar-refractivity contribution is -0.140. The van der Waals surface area contributed by atoms with Gasteiger partial charge in [0.1, 0.15) is 5.76 Å². The second-order valence-electron chi connectivity index (χ2n) is 7.23. The normalized spacial score (nSPS) is 24.1. The summed E-state index contributed by atoms with van der Waals surface area (Å²) < 4.78 is 5.68. The van der Waals surface area contributed by atoms with E-state index in [9.17, 15) is 14.7 Å². The molecule has 2 aromatic rings. The predicted molar refractivity (Wildman–Crippen MR) is 103 cm³/mol. The first kappa shape index (κ1) is 18.4. The van der Waals surface area contributed by atoms with Gasteiger partial charge in [-0.1, -0.05) is 29.8 Å². The summed E-state index contributed by atoms with van der Waals surface area (Å²) in [6, 6.07) is 10.1. The van der Waals surface area contributed by atoms with Crippen LogP contribution in [0.25, 0.3) is 5.76 Å². The number of amides is 1. The van der Waals surface area contributed by atoms with Crippen LogP contribution in [0.2, 0.25) is 0 Å². The number of aliphatic hydroxyl groups is 1. The molecule has 6 heteroatoms. The number of ketones is 1.